The van der Waals surface area contributed by atoms with Crippen molar-refractivity contribution >= 4 is 6.09 Å². The summed E-state index contributed by atoms with van der Waals surface area (Å²) in [7, 11) is 1.93. The maximum absolute atomic E-state index is 10.9. The van der Waals surface area contributed by atoms with Crippen molar-refractivity contribution in [3.63, 3.8) is 0 Å². The number of carbonyl (C=O) groups excluding carboxylic acids is 1. The van der Waals surface area contributed by atoms with Gasteiger partial charge in [0.05, 0.1) is 13.2 Å². The van der Waals surface area contributed by atoms with Gasteiger partial charge in [0.2, 0.25) is 0 Å². The minimum Gasteiger partial charge on any atom is -0.450 e. The third kappa shape index (κ3) is 2.82. The second kappa shape index (κ2) is 4.54. The van der Waals surface area contributed by atoms with Crippen molar-refractivity contribution in [3.05, 3.63) is 24.0 Å². The molecule has 0 aliphatic carbocycles. The van der Waals surface area contributed by atoms with Crippen molar-refractivity contribution in [2.24, 2.45) is 7.05 Å². The summed E-state index contributed by atoms with van der Waals surface area (Å²) in [6.45, 7) is 2.68. The zero-order valence-electron chi connectivity index (χ0n) is 7.91. The molecule has 1 N–H and O–H groups in total. The SMILES string of the molecule is CCOC(=O)NCc1cccn1C. The number of nitrogens with one attached hydrogen (secondary N) is 1. The van der Waals surface area contributed by atoms with Gasteiger partial charge >= 0.3 is 6.09 Å². The van der Waals surface area contributed by atoms with E-state index in [1.165, 1.54) is 0 Å². The van der Waals surface area contributed by atoms with E-state index in [2.05, 4.69) is 5.32 Å². The standard InChI is InChI=1S/C9H14N2O2/c1-3-13-9(12)10-7-8-5-4-6-11(8)2/h4-6H,3,7H2,1-2H3,(H,10,12). The fourth-order valence-corrected chi connectivity index (χ4v) is 1.02. The fourth-order valence-electron chi connectivity index (χ4n) is 1.02. The lowest BCUT2D eigenvalue weighted by Crippen LogP contribution is -2.24. The van der Waals surface area contributed by atoms with E-state index in [-0.39, 0.29) is 6.09 Å². The van der Waals surface area contributed by atoms with Gasteiger partial charge in [-0.05, 0) is 19.1 Å². The van der Waals surface area contributed by atoms with E-state index in [0.29, 0.717) is 13.2 Å². The number of alkyl carbamates (subject to hydrolysis) is 1. The molecular weight excluding hydrogens is 168 g/mol. The summed E-state index contributed by atoms with van der Waals surface area (Å²) < 4.78 is 6.67. The number of aromatic nitrogens is 1. The number of hydrogen-bond donors (Lipinski definition) is 1. The molecule has 0 aliphatic heterocycles. The molecule has 0 saturated carbocycles. The number of carbonyl (C=O) groups is 1. The molecule has 4 nitrogen and oxygen atoms in total. The molecule has 0 radical (unpaired) electrons. The highest BCUT2D eigenvalue weighted by Gasteiger charge is 2.01. The summed E-state index contributed by atoms with van der Waals surface area (Å²) in [6, 6.07) is 3.88. The molecular formula is C9H14N2O2. The first-order valence-electron chi connectivity index (χ1n) is 4.25. The molecule has 0 saturated heterocycles. The molecule has 0 aromatic carbocycles. The van der Waals surface area contributed by atoms with Crippen LogP contribution in [0.4, 0.5) is 4.79 Å². The first-order valence-corrected chi connectivity index (χ1v) is 4.25. The lowest BCUT2D eigenvalue weighted by Gasteiger charge is -2.05. The Labute approximate surface area is 77.5 Å². The Balaban J connectivity index is 2.35. The molecule has 0 unspecified atom stereocenters. The van der Waals surface area contributed by atoms with Crippen molar-refractivity contribution in [2.45, 2.75) is 13.5 Å². The first kappa shape index (κ1) is 9.64. The minimum absolute atomic E-state index is 0.372. The summed E-state index contributed by atoms with van der Waals surface area (Å²) in [6.07, 6.45) is 1.56. The first-order chi connectivity index (χ1) is 6.24. The van der Waals surface area contributed by atoms with E-state index in [9.17, 15) is 4.79 Å². The molecule has 1 heterocycles. The van der Waals surface area contributed by atoms with E-state index in [0.717, 1.165) is 5.69 Å². The normalized spacial score (nSPS) is 9.69. The zero-order chi connectivity index (χ0) is 9.68. The summed E-state index contributed by atoms with van der Waals surface area (Å²) in [4.78, 5) is 10.9. The highest BCUT2D eigenvalue weighted by Crippen LogP contribution is 1.98. The van der Waals surface area contributed by atoms with Gasteiger partial charge in [-0.25, -0.2) is 4.79 Å². The van der Waals surface area contributed by atoms with Gasteiger partial charge in [-0.1, -0.05) is 0 Å². The Bertz CT molecular complexity index is 281. The molecule has 13 heavy (non-hydrogen) atoms. The van der Waals surface area contributed by atoms with Gasteiger partial charge < -0.3 is 14.6 Å². The quantitative estimate of drug-likeness (QED) is 0.765. The maximum Gasteiger partial charge on any atom is 0.407 e. The van der Waals surface area contributed by atoms with E-state index >= 15 is 0 Å². The van der Waals surface area contributed by atoms with E-state index in [1.54, 1.807) is 6.92 Å². The van der Waals surface area contributed by atoms with Gasteiger partial charge in [-0.3, -0.25) is 0 Å². The van der Waals surface area contributed by atoms with Crippen LogP contribution in [-0.2, 0) is 18.3 Å². The third-order valence-corrected chi connectivity index (χ3v) is 1.74. The van der Waals surface area contributed by atoms with Crippen LogP contribution in [-0.4, -0.2) is 17.3 Å². The van der Waals surface area contributed by atoms with Gasteiger partial charge in [-0.15, -0.1) is 0 Å². The van der Waals surface area contributed by atoms with Crippen LogP contribution in [0.3, 0.4) is 0 Å². The summed E-state index contributed by atoms with van der Waals surface area (Å²) in [5, 5.41) is 2.64. The minimum atomic E-state index is -0.372. The molecule has 0 aliphatic rings. The summed E-state index contributed by atoms with van der Waals surface area (Å²) in [5.41, 5.74) is 1.05. The monoisotopic (exact) mass is 182 g/mol. The van der Waals surface area contributed by atoms with Gasteiger partial charge in [0.15, 0.2) is 0 Å². The Morgan fingerprint density at radius 1 is 1.69 bits per heavy atom. The maximum atomic E-state index is 10.9. The Morgan fingerprint density at radius 3 is 3.00 bits per heavy atom. The van der Waals surface area contributed by atoms with Crippen LogP contribution < -0.4 is 5.32 Å². The Hall–Kier alpha value is -1.45. The third-order valence-electron chi connectivity index (χ3n) is 1.74. The summed E-state index contributed by atoms with van der Waals surface area (Å²) >= 11 is 0. The number of ether oxygens (including phenoxy) is 1. The lowest BCUT2D eigenvalue weighted by atomic mass is 10.4. The van der Waals surface area contributed by atoms with Crippen molar-refractivity contribution in [1.29, 1.82) is 0 Å². The average Bonchev–Trinajstić information content (AvgIpc) is 2.48. The number of nitrogens with zero attached hydrogens (tertiary/aromatic N) is 1. The van der Waals surface area contributed by atoms with Gasteiger partial charge in [0.25, 0.3) is 0 Å². The predicted molar refractivity (Wildman–Crippen MR) is 49.3 cm³/mol. The predicted octanol–water partition coefficient (Wildman–Crippen LogP) is 1.27. The van der Waals surface area contributed by atoms with Crippen LogP contribution in [0.1, 0.15) is 12.6 Å². The Morgan fingerprint density at radius 2 is 2.46 bits per heavy atom. The van der Waals surface area contributed by atoms with Gasteiger partial charge in [0, 0.05) is 18.9 Å². The molecule has 0 atom stereocenters. The van der Waals surface area contributed by atoms with Crippen molar-refractivity contribution < 1.29 is 9.53 Å². The van der Waals surface area contributed by atoms with E-state index in [4.69, 9.17) is 4.74 Å². The highest BCUT2D eigenvalue weighted by molar-refractivity contribution is 5.66. The second-order valence-corrected chi connectivity index (χ2v) is 2.68. The average molecular weight is 182 g/mol. The molecule has 1 aromatic rings. The topological polar surface area (TPSA) is 43.3 Å². The van der Waals surface area contributed by atoms with Crippen LogP contribution in [0.5, 0.6) is 0 Å². The molecule has 72 valence electrons. The van der Waals surface area contributed by atoms with Crippen molar-refractivity contribution in [3.8, 4) is 0 Å². The number of hydrogen-bond acceptors (Lipinski definition) is 2. The second-order valence-electron chi connectivity index (χ2n) is 2.68. The van der Waals surface area contributed by atoms with Crippen LogP contribution in [0.15, 0.2) is 18.3 Å². The smallest absolute Gasteiger partial charge is 0.407 e. The molecule has 1 aromatic heterocycles. The molecule has 0 spiro atoms. The van der Waals surface area contributed by atoms with Crippen molar-refractivity contribution in [1.82, 2.24) is 9.88 Å². The fraction of sp³-hybridized carbons (Fsp3) is 0.444. The molecule has 1 amide bonds. The van der Waals surface area contributed by atoms with Crippen molar-refractivity contribution in [2.75, 3.05) is 6.61 Å². The largest absolute Gasteiger partial charge is 0.450 e. The van der Waals surface area contributed by atoms with E-state index in [1.807, 2.05) is 29.9 Å². The van der Waals surface area contributed by atoms with Crippen LogP contribution in [0, 0.1) is 0 Å². The van der Waals surface area contributed by atoms with Crippen LogP contribution in [0.2, 0.25) is 0 Å². The van der Waals surface area contributed by atoms with Gasteiger partial charge in [-0.2, -0.15) is 0 Å². The number of amides is 1. The van der Waals surface area contributed by atoms with Crippen LogP contribution >= 0.6 is 0 Å². The highest BCUT2D eigenvalue weighted by atomic mass is 16.5. The van der Waals surface area contributed by atoms with Gasteiger partial charge in [0.1, 0.15) is 0 Å². The van der Waals surface area contributed by atoms with Crippen LogP contribution in [0.25, 0.3) is 0 Å². The summed E-state index contributed by atoms with van der Waals surface area (Å²) in [5.74, 6) is 0. The molecule has 4 heteroatoms. The van der Waals surface area contributed by atoms with E-state index < -0.39 is 0 Å². The number of aryl methyl sites for hydroxylation is 1. The molecule has 0 bridgehead atoms. The molecule has 0 fully saturated rings. The lowest BCUT2D eigenvalue weighted by molar-refractivity contribution is 0.151. The number of rotatable bonds is 3. The zero-order valence-corrected chi connectivity index (χ0v) is 7.91. The molecule has 1 rings (SSSR count). The Kier molecular flexibility index (Phi) is 3.37.